The second-order valence-electron chi connectivity index (χ2n) is 13.8. The van der Waals surface area contributed by atoms with E-state index in [0.717, 1.165) is 47.6 Å². The SMILES string of the molecule is CCOc1cc(C(C)(C)C)ccc1C1=N[C@@](C)(c2ccc(Cl)cc2)[C@@](C)(c2ccc(Cl)cc2)N1C(=O)N1CCN(CCC[SH+]C)CC1. The molecule has 47 heavy (non-hydrogen) atoms. The number of piperazine rings is 1. The Hall–Kier alpha value is -2.71. The summed E-state index contributed by atoms with van der Waals surface area (Å²) in [5.74, 6) is 2.51. The molecule has 2 amide bonds. The van der Waals surface area contributed by atoms with Gasteiger partial charge in [-0.2, -0.15) is 0 Å². The largest absolute Gasteiger partial charge is 0.493 e. The van der Waals surface area contributed by atoms with Crippen LogP contribution in [-0.4, -0.2) is 77.9 Å². The number of halogens is 2. The highest BCUT2D eigenvalue weighted by Gasteiger charge is 2.60. The Bertz CT molecular complexity index is 1580. The van der Waals surface area contributed by atoms with Gasteiger partial charge in [-0.1, -0.05) is 74.3 Å². The quantitative estimate of drug-likeness (QED) is 0.129. The predicted octanol–water partition coefficient (Wildman–Crippen LogP) is 8.16. The molecule has 2 atom stereocenters. The molecule has 2 heterocycles. The molecule has 2 aliphatic rings. The Labute approximate surface area is 295 Å². The van der Waals surface area contributed by atoms with E-state index in [1.165, 1.54) is 23.9 Å². The number of amides is 2. The van der Waals surface area contributed by atoms with Crippen molar-refractivity contribution < 1.29 is 9.53 Å². The van der Waals surface area contributed by atoms with Crippen LogP contribution in [0.4, 0.5) is 4.79 Å². The molecule has 3 aromatic rings. The fourth-order valence-electron chi connectivity index (χ4n) is 6.77. The molecule has 1 saturated heterocycles. The number of hydrogen-bond donors (Lipinski definition) is 0. The fraction of sp³-hybridized carbons (Fsp3) is 0.474. The van der Waals surface area contributed by atoms with Crippen molar-refractivity contribution in [2.45, 2.75) is 64.5 Å². The number of urea groups is 1. The number of hydrogen-bond acceptors (Lipinski definition) is 4. The van der Waals surface area contributed by atoms with Crippen LogP contribution in [0.15, 0.2) is 71.7 Å². The van der Waals surface area contributed by atoms with Gasteiger partial charge in [0.2, 0.25) is 0 Å². The van der Waals surface area contributed by atoms with Crippen molar-refractivity contribution in [3.8, 4) is 5.75 Å². The van der Waals surface area contributed by atoms with Gasteiger partial charge in [-0.25, -0.2) is 4.79 Å². The van der Waals surface area contributed by atoms with E-state index in [0.29, 0.717) is 35.6 Å². The number of benzene rings is 3. The zero-order chi connectivity index (χ0) is 34.0. The van der Waals surface area contributed by atoms with Crippen molar-refractivity contribution in [3.63, 3.8) is 0 Å². The van der Waals surface area contributed by atoms with E-state index in [2.05, 4.69) is 64.0 Å². The van der Waals surface area contributed by atoms with Crippen molar-refractivity contribution in [1.29, 1.82) is 0 Å². The van der Waals surface area contributed by atoms with Crippen LogP contribution in [0.3, 0.4) is 0 Å². The molecule has 0 bridgehead atoms. The van der Waals surface area contributed by atoms with E-state index in [-0.39, 0.29) is 11.4 Å². The van der Waals surface area contributed by atoms with Crippen LogP contribution in [0.2, 0.25) is 10.0 Å². The summed E-state index contributed by atoms with van der Waals surface area (Å²) < 4.78 is 6.32. The highest BCUT2D eigenvalue weighted by molar-refractivity contribution is 7.77. The van der Waals surface area contributed by atoms with Crippen molar-refractivity contribution in [1.82, 2.24) is 14.7 Å². The number of thiol groups is 1. The maximum atomic E-state index is 15.1. The van der Waals surface area contributed by atoms with E-state index in [9.17, 15) is 0 Å². The monoisotopic (exact) mass is 695 g/mol. The van der Waals surface area contributed by atoms with E-state index in [4.69, 9.17) is 32.9 Å². The van der Waals surface area contributed by atoms with Gasteiger partial charge in [0, 0.05) is 49.2 Å². The minimum atomic E-state index is -0.929. The Morgan fingerprint density at radius 3 is 2.06 bits per heavy atom. The van der Waals surface area contributed by atoms with Crippen LogP contribution >= 0.6 is 23.2 Å². The summed E-state index contributed by atoms with van der Waals surface area (Å²) in [5.41, 5.74) is 1.95. The average Bonchev–Trinajstić information content (AvgIpc) is 3.29. The number of nitrogens with zero attached hydrogens (tertiary/aromatic N) is 4. The first kappa shape index (κ1) is 35.6. The number of aliphatic imine (C=N–C) groups is 1. The van der Waals surface area contributed by atoms with Gasteiger partial charge in [-0.15, -0.1) is 0 Å². The molecule has 0 saturated carbocycles. The van der Waals surface area contributed by atoms with Gasteiger partial charge in [0.1, 0.15) is 28.4 Å². The summed E-state index contributed by atoms with van der Waals surface area (Å²) >= 11 is 14.2. The third kappa shape index (κ3) is 7.05. The van der Waals surface area contributed by atoms with Crippen LogP contribution in [0.1, 0.15) is 70.2 Å². The third-order valence-corrected chi connectivity index (χ3v) is 11.1. The molecule has 0 N–H and O–H groups in total. The van der Waals surface area contributed by atoms with E-state index in [1.807, 2.05) is 65.3 Å². The highest BCUT2D eigenvalue weighted by atomic mass is 35.5. The van der Waals surface area contributed by atoms with Crippen LogP contribution in [0.5, 0.6) is 5.75 Å². The van der Waals surface area contributed by atoms with Crippen LogP contribution in [0, 0.1) is 0 Å². The smallest absolute Gasteiger partial charge is 0.326 e. The Kier molecular flexibility index (Phi) is 10.9. The summed E-state index contributed by atoms with van der Waals surface area (Å²) in [6.45, 7) is 17.4. The molecule has 6 nitrogen and oxygen atoms in total. The van der Waals surface area contributed by atoms with Crippen molar-refractivity contribution in [2.75, 3.05) is 51.3 Å². The lowest BCUT2D eigenvalue weighted by Gasteiger charge is -2.47. The molecular weight excluding hydrogens is 647 g/mol. The predicted molar refractivity (Wildman–Crippen MR) is 200 cm³/mol. The molecule has 252 valence electrons. The molecule has 5 rings (SSSR count). The lowest BCUT2D eigenvalue weighted by atomic mass is 9.71. The first-order valence-corrected chi connectivity index (χ1v) is 18.9. The third-order valence-electron chi connectivity index (χ3n) is 9.83. The molecule has 0 unspecified atom stereocenters. The maximum absolute atomic E-state index is 15.1. The number of ether oxygens (including phenoxy) is 1. The van der Waals surface area contributed by atoms with Gasteiger partial charge < -0.3 is 9.64 Å². The number of rotatable bonds is 9. The molecular formula is C38H49Cl2N4O2S+. The zero-order valence-corrected chi connectivity index (χ0v) is 31.2. The van der Waals surface area contributed by atoms with Gasteiger partial charge in [-0.05, 0) is 91.0 Å². The summed E-state index contributed by atoms with van der Waals surface area (Å²) in [4.78, 5) is 27.1. The standard InChI is InChI=1S/C38H48Cl2N4O2S/c1-8-46-33-26-29(36(2,3)4)14-19-32(33)34-41-37(5,27-10-15-30(39)16-11-27)38(6,28-12-17-31(40)18-13-28)44(34)35(45)43-23-21-42(22-24-43)20-9-25-47-7/h10-19,26H,8-9,20-25H2,1-7H3/p+1/t37-,38+/m0/s1. The maximum Gasteiger partial charge on any atom is 0.326 e. The van der Waals surface area contributed by atoms with Gasteiger partial charge in [-0.3, -0.25) is 14.8 Å². The summed E-state index contributed by atoms with van der Waals surface area (Å²) in [6, 6.07) is 21.9. The Morgan fingerprint density at radius 2 is 1.51 bits per heavy atom. The van der Waals surface area contributed by atoms with Crippen LogP contribution in [0.25, 0.3) is 0 Å². The Balaban J connectivity index is 1.69. The fourth-order valence-corrected chi connectivity index (χ4v) is 7.48. The highest BCUT2D eigenvalue weighted by Crippen LogP contribution is 2.54. The first-order valence-electron chi connectivity index (χ1n) is 16.6. The Morgan fingerprint density at radius 1 is 0.915 bits per heavy atom. The lowest BCUT2D eigenvalue weighted by Crippen LogP contribution is -2.60. The van der Waals surface area contributed by atoms with Gasteiger partial charge in [0.25, 0.3) is 0 Å². The molecule has 0 aromatic heterocycles. The van der Waals surface area contributed by atoms with Crippen molar-refractivity contribution in [2.24, 2.45) is 4.99 Å². The zero-order valence-electron chi connectivity index (χ0n) is 28.8. The van der Waals surface area contributed by atoms with Gasteiger partial charge in [0.15, 0.2) is 0 Å². The summed E-state index contributed by atoms with van der Waals surface area (Å²) in [6.07, 6.45) is 3.38. The van der Waals surface area contributed by atoms with Gasteiger partial charge >= 0.3 is 6.03 Å². The van der Waals surface area contributed by atoms with Crippen LogP contribution < -0.4 is 4.74 Å². The molecule has 9 heteroatoms. The van der Waals surface area contributed by atoms with Crippen molar-refractivity contribution in [3.05, 3.63) is 99.0 Å². The summed E-state index contributed by atoms with van der Waals surface area (Å²) in [7, 11) is 0. The molecule has 0 radical (unpaired) electrons. The average molecular weight is 697 g/mol. The van der Waals surface area contributed by atoms with Crippen LogP contribution in [-0.2, 0) is 28.3 Å². The molecule has 1 fully saturated rings. The number of carbonyl (C=O) groups is 1. The molecule has 3 aromatic carbocycles. The minimum Gasteiger partial charge on any atom is -0.493 e. The normalized spacial score (nSPS) is 22.0. The molecule has 0 aliphatic carbocycles. The minimum absolute atomic E-state index is 0.0621. The second kappa shape index (κ2) is 14.4. The topological polar surface area (TPSA) is 48.4 Å². The number of carbonyl (C=O) groups excluding carboxylic acids is 1. The van der Waals surface area contributed by atoms with E-state index in [1.54, 1.807) is 0 Å². The lowest BCUT2D eigenvalue weighted by molar-refractivity contribution is 0.0868. The summed E-state index contributed by atoms with van der Waals surface area (Å²) in [5, 5.41) is 1.28. The molecule has 0 spiro atoms. The first-order chi connectivity index (χ1) is 22.3. The van der Waals surface area contributed by atoms with E-state index >= 15 is 4.79 Å². The van der Waals surface area contributed by atoms with Gasteiger partial charge in [0.05, 0.1) is 18.4 Å². The molecule has 2 aliphatic heterocycles. The van der Waals surface area contributed by atoms with E-state index < -0.39 is 11.1 Å². The second-order valence-corrected chi connectivity index (χ2v) is 15.8. The van der Waals surface area contributed by atoms with Crippen molar-refractivity contribution >= 4 is 46.8 Å². The number of amidine groups is 1.